The summed E-state index contributed by atoms with van der Waals surface area (Å²) in [5.74, 6) is -0.280. The van der Waals surface area contributed by atoms with E-state index in [0.717, 1.165) is 19.3 Å². The summed E-state index contributed by atoms with van der Waals surface area (Å²) in [7, 11) is 0. The van der Waals surface area contributed by atoms with Crippen molar-refractivity contribution < 1.29 is 19.1 Å². The second-order valence-corrected chi connectivity index (χ2v) is 9.10. The Morgan fingerprint density at radius 1 is 0.778 bits per heavy atom. The number of ether oxygens (including phenoxy) is 2. The van der Waals surface area contributed by atoms with Crippen molar-refractivity contribution in [3.8, 4) is 0 Å². The van der Waals surface area contributed by atoms with E-state index in [1.165, 1.54) is 44.9 Å². The average Bonchev–Trinajstić information content (AvgIpc) is 2.58. The summed E-state index contributed by atoms with van der Waals surface area (Å²) in [5, 5.41) is 0. The van der Waals surface area contributed by atoms with Crippen molar-refractivity contribution in [1.82, 2.24) is 0 Å². The number of rotatable bonds is 16. The summed E-state index contributed by atoms with van der Waals surface area (Å²) in [6.45, 7) is 11.7. The maximum Gasteiger partial charge on any atom is 0.306 e. The van der Waals surface area contributed by atoms with Gasteiger partial charge in [-0.15, -0.1) is 0 Å². The molecule has 0 radical (unpaired) electrons. The van der Waals surface area contributed by atoms with Gasteiger partial charge in [-0.1, -0.05) is 86.0 Å². The number of hydrogen-bond acceptors (Lipinski definition) is 4. The first-order valence-corrected chi connectivity index (χ1v) is 11.1. The van der Waals surface area contributed by atoms with Crippen LogP contribution < -0.4 is 0 Å². The predicted molar refractivity (Wildman–Crippen MR) is 112 cm³/mol. The Kier molecular flexibility index (Phi) is 15.3. The lowest BCUT2D eigenvalue weighted by Crippen LogP contribution is -2.18. The Bertz CT molecular complexity index is 384. The molecule has 0 aromatic carbocycles. The van der Waals surface area contributed by atoms with Crippen LogP contribution in [0.5, 0.6) is 0 Å². The Balaban J connectivity index is 3.51. The van der Waals surface area contributed by atoms with Crippen LogP contribution in [0.1, 0.15) is 112 Å². The summed E-state index contributed by atoms with van der Waals surface area (Å²) < 4.78 is 10.5. The van der Waals surface area contributed by atoms with Gasteiger partial charge in [-0.3, -0.25) is 9.59 Å². The number of carbonyl (C=O) groups is 2. The van der Waals surface area contributed by atoms with Crippen LogP contribution in [-0.2, 0) is 19.1 Å². The molecule has 0 heterocycles. The van der Waals surface area contributed by atoms with Crippen LogP contribution in [0.4, 0.5) is 0 Å². The van der Waals surface area contributed by atoms with Crippen molar-refractivity contribution in [2.45, 2.75) is 112 Å². The molecule has 27 heavy (non-hydrogen) atoms. The Hall–Kier alpha value is -1.06. The minimum absolute atomic E-state index is 0.110. The third-order valence-corrected chi connectivity index (χ3v) is 4.53. The van der Waals surface area contributed by atoms with E-state index >= 15 is 0 Å². The zero-order valence-corrected chi connectivity index (χ0v) is 18.6. The highest BCUT2D eigenvalue weighted by molar-refractivity contribution is 5.77. The van der Waals surface area contributed by atoms with Crippen LogP contribution >= 0.6 is 0 Å². The first kappa shape index (κ1) is 25.9. The lowest BCUT2D eigenvalue weighted by atomic mass is 9.86. The monoisotopic (exact) mass is 384 g/mol. The third-order valence-electron chi connectivity index (χ3n) is 4.53. The van der Waals surface area contributed by atoms with E-state index in [1.54, 1.807) is 0 Å². The van der Waals surface area contributed by atoms with Crippen molar-refractivity contribution in [3.05, 3.63) is 0 Å². The van der Waals surface area contributed by atoms with Gasteiger partial charge in [-0.25, -0.2) is 0 Å². The molecule has 0 aromatic heterocycles. The summed E-state index contributed by atoms with van der Waals surface area (Å²) in [6, 6.07) is 0. The van der Waals surface area contributed by atoms with Crippen LogP contribution in [-0.4, -0.2) is 25.2 Å². The molecule has 4 nitrogen and oxygen atoms in total. The topological polar surface area (TPSA) is 52.6 Å². The maximum atomic E-state index is 11.7. The molecule has 1 atom stereocenters. The fourth-order valence-corrected chi connectivity index (χ4v) is 3.29. The van der Waals surface area contributed by atoms with E-state index in [2.05, 4.69) is 34.6 Å². The molecule has 1 unspecified atom stereocenters. The molecule has 0 fully saturated rings. The van der Waals surface area contributed by atoms with Crippen molar-refractivity contribution in [1.29, 1.82) is 0 Å². The van der Waals surface area contributed by atoms with Gasteiger partial charge in [0.2, 0.25) is 0 Å². The van der Waals surface area contributed by atoms with Crippen LogP contribution in [0, 0.1) is 11.3 Å². The zero-order chi connectivity index (χ0) is 20.5. The highest BCUT2D eigenvalue weighted by Gasteiger charge is 2.17. The highest BCUT2D eigenvalue weighted by Crippen LogP contribution is 2.24. The molecule has 4 heteroatoms. The molecule has 0 aromatic rings. The fraction of sp³-hybridized carbons (Fsp3) is 0.913. The summed E-state index contributed by atoms with van der Waals surface area (Å²) in [5.41, 5.74) is 0.227. The van der Waals surface area contributed by atoms with E-state index in [-0.39, 0.29) is 30.2 Å². The molecule has 0 aliphatic heterocycles. The summed E-state index contributed by atoms with van der Waals surface area (Å²) in [4.78, 5) is 23.4. The Morgan fingerprint density at radius 3 is 1.78 bits per heavy atom. The molecule has 0 spiro atoms. The van der Waals surface area contributed by atoms with Gasteiger partial charge in [0.05, 0.1) is 26.1 Å². The molecule has 0 aliphatic rings. The van der Waals surface area contributed by atoms with Crippen molar-refractivity contribution in [3.63, 3.8) is 0 Å². The standard InChI is InChI=1S/C23H44O4/c1-6-7-8-9-10-11-12-13-14-17-26-21(24)15-16-22(25)27-19-20(2)18-23(3,4)5/h20H,6-19H2,1-5H3. The minimum Gasteiger partial charge on any atom is -0.466 e. The van der Waals surface area contributed by atoms with Crippen LogP contribution in [0.25, 0.3) is 0 Å². The Morgan fingerprint density at radius 2 is 1.26 bits per heavy atom. The lowest BCUT2D eigenvalue weighted by Gasteiger charge is -2.22. The molecule has 160 valence electrons. The van der Waals surface area contributed by atoms with Crippen molar-refractivity contribution in [2.75, 3.05) is 13.2 Å². The van der Waals surface area contributed by atoms with Gasteiger partial charge in [-0.05, 0) is 24.2 Å². The molecule has 0 saturated carbocycles. The van der Waals surface area contributed by atoms with Gasteiger partial charge in [-0.2, -0.15) is 0 Å². The quantitative estimate of drug-likeness (QED) is 0.226. The van der Waals surface area contributed by atoms with E-state index in [1.807, 2.05) is 0 Å². The fourth-order valence-electron chi connectivity index (χ4n) is 3.29. The molecule has 0 aliphatic carbocycles. The zero-order valence-electron chi connectivity index (χ0n) is 18.6. The number of carbonyl (C=O) groups excluding carboxylic acids is 2. The Labute approximate surface area is 167 Å². The number of unbranched alkanes of at least 4 members (excludes halogenated alkanes) is 8. The largest absolute Gasteiger partial charge is 0.466 e. The molecular formula is C23H44O4. The van der Waals surface area contributed by atoms with Gasteiger partial charge in [0.25, 0.3) is 0 Å². The van der Waals surface area contributed by atoms with Crippen molar-refractivity contribution >= 4 is 11.9 Å². The molecule has 0 amide bonds. The van der Waals surface area contributed by atoms with Gasteiger partial charge >= 0.3 is 11.9 Å². The predicted octanol–water partition coefficient (Wildman–Crippen LogP) is 6.46. The highest BCUT2D eigenvalue weighted by atomic mass is 16.5. The average molecular weight is 385 g/mol. The SMILES string of the molecule is CCCCCCCCCCCOC(=O)CCC(=O)OCC(C)CC(C)(C)C. The molecule has 0 bridgehead atoms. The maximum absolute atomic E-state index is 11.7. The number of hydrogen-bond donors (Lipinski definition) is 0. The van der Waals surface area contributed by atoms with Crippen molar-refractivity contribution in [2.24, 2.45) is 11.3 Å². The van der Waals surface area contributed by atoms with Gasteiger partial charge in [0, 0.05) is 0 Å². The second kappa shape index (κ2) is 15.9. The van der Waals surface area contributed by atoms with E-state index in [9.17, 15) is 9.59 Å². The first-order chi connectivity index (χ1) is 12.7. The molecular weight excluding hydrogens is 340 g/mol. The molecule has 0 N–H and O–H groups in total. The third kappa shape index (κ3) is 19.5. The summed E-state index contributed by atoms with van der Waals surface area (Å²) >= 11 is 0. The van der Waals surface area contributed by atoms with Crippen LogP contribution in [0.3, 0.4) is 0 Å². The molecule has 0 saturated heterocycles. The smallest absolute Gasteiger partial charge is 0.306 e. The minimum atomic E-state index is -0.309. The van der Waals surface area contributed by atoms with Crippen LogP contribution in [0.2, 0.25) is 0 Å². The normalized spacial score (nSPS) is 12.6. The summed E-state index contributed by atoms with van der Waals surface area (Å²) in [6.07, 6.45) is 12.4. The van der Waals surface area contributed by atoms with Gasteiger partial charge < -0.3 is 9.47 Å². The first-order valence-electron chi connectivity index (χ1n) is 11.1. The van der Waals surface area contributed by atoms with E-state index < -0.39 is 0 Å². The lowest BCUT2D eigenvalue weighted by molar-refractivity contribution is -0.151. The van der Waals surface area contributed by atoms with E-state index in [0.29, 0.717) is 19.1 Å². The van der Waals surface area contributed by atoms with E-state index in [4.69, 9.17) is 9.47 Å². The number of esters is 2. The molecule has 0 rings (SSSR count). The van der Waals surface area contributed by atoms with Gasteiger partial charge in [0.1, 0.15) is 0 Å². The van der Waals surface area contributed by atoms with Crippen LogP contribution in [0.15, 0.2) is 0 Å². The second-order valence-electron chi connectivity index (χ2n) is 9.10. The van der Waals surface area contributed by atoms with Gasteiger partial charge in [0.15, 0.2) is 0 Å².